The first kappa shape index (κ1) is 18.7. The average Bonchev–Trinajstić information content (AvgIpc) is 2.46. The highest BCUT2D eigenvalue weighted by Crippen LogP contribution is 2.27. The van der Waals surface area contributed by atoms with E-state index >= 15 is 0 Å². The van der Waals surface area contributed by atoms with Gasteiger partial charge in [-0.05, 0) is 45.7 Å². The van der Waals surface area contributed by atoms with Crippen molar-refractivity contribution < 1.29 is 23.1 Å². The Labute approximate surface area is 143 Å². The predicted octanol–water partition coefficient (Wildman–Crippen LogP) is 2.22. The smallest absolute Gasteiger partial charge is 0.410 e. The number of sulfone groups is 1. The standard InChI is InChI=1S/C17H25NO5S/c1-16(2,3)23-15(19)18-11-9-17(20,10-12-18)13-24(21,22)14-7-5-4-6-8-14/h4-8,20H,9-13H2,1-3H3. The van der Waals surface area contributed by atoms with Crippen molar-refractivity contribution in [2.75, 3.05) is 18.8 Å². The lowest BCUT2D eigenvalue weighted by molar-refractivity contribution is -0.0197. The second-order valence-corrected chi connectivity index (χ2v) is 9.25. The zero-order valence-electron chi connectivity index (χ0n) is 14.4. The van der Waals surface area contributed by atoms with Crippen molar-refractivity contribution in [1.29, 1.82) is 0 Å². The number of carbonyl (C=O) groups excluding carboxylic acids is 1. The molecule has 1 fully saturated rings. The third kappa shape index (κ3) is 4.95. The highest BCUT2D eigenvalue weighted by molar-refractivity contribution is 7.91. The molecule has 6 nitrogen and oxygen atoms in total. The SMILES string of the molecule is CC(C)(C)OC(=O)N1CCC(O)(CS(=O)(=O)c2ccccc2)CC1. The van der Waals surface area contributed by atoms with E-state index in [4.69, 9.17) is 4.74 Å². The summed E-state index contributed by atoms with van der Waals surface area (Å²) in [5.41, 5.74) is -1.91. The van der Waals surface area contributed by atoms with E-state index in [0.717, 1.165) is 0 Å². The number of benzene rings is 1. The van der Waals surface area contributed by atoms with Gasteiger partial charge in [-0.25, -0.2) is 13.2 Å². The van der Waals surface area contributed by atoms with Crippen LogP contribution in [0.3, 0.4) is 0 Å². The zero-order chi connectivity index (χ0) is 18.0. The fraction of sp³-hybridized carbons (Fsp3) is 0.588. The van der Waals surface area contributed by atoms with Crippen molar-refractivity contribution in [3.63, 3.8) is 0 Å². The number of amides is 1. The molecule has 0 spiro atoms. The highest BCUT2D eigenvalue weighted by atomic mass is 32.2. The van der Waals surface area contributed by atoms with Crippen LogP contribution in [0.15, 0.2) is 35.2 Å². The van der Waals surface area contributed by atoms with E-state index < -0.39 is 27.1 Å². The molecule has 1 amide bonds. The lowest BCUT2D eigenvalue weighted by atomic mass is 9.94. The summed E-state index contributed by atoms with van der Waals surface area (Å²) in [5, 5.41) is 10.6. The van der Waals surface area contributed by atoms with Gasteiger partial charge in [0, 0.05) is 13.1 Å². The van der Waals surface area contributed by atoms with E-state index in [9.17, 15) is 18.3 Å². The van der Waals surface area contributed by atoms with Crippen molar-refractivity contribution in [3.05, 3.63) is 30.3 Å². The number of carbonyl (C=O) groups is 1. The number of piperidine rings is 1. The molecule has 134 valence electrons. The fourth-order valence-corrected chi connectivity index (χ4v) is 4.38. The normalized spacial score (nSPS) is 18.2. The number of nitrogens with zero attached hydrogens (tertiary/aromatic N) is 1. The fourth-order valence-electron chi connectivity index (χ4n) is 2.64. The van der Waals surface area contributed by atoms with Crippen molar-refractivity contribution in [1.82, 2.24) is 4.90 Å². The number of hydrogen-bond acceptors (Lipinski definition) is 5. The Balaban J connectivity index is 1.99. The van der Waals surface area contributed by atoms with Crippen molar-refractivity contribution in [2.24, 2.45) is 0 Å². The molecule has 0 unspecified atom stereocenters. The molecule has 7 heteroatoms. The van der Waals surface area contributed by atoms with Crippen molar-refractivity contribution in [2.45, 2.75) is 49.7 Å². The van der Waals surface area contributed by atoms with Gasteiger partial charge in [0.1, 0.15) is 5.60 Å². The van der Waals surface area contributed by atoms with E-state index in [1.807, 2.05) is 0 Å². The maximum atomic E-state index is 12.4. The maximum absolute atomic E-state index is 12.4. The highest BCUT2D eigenvalue weighted by Gasteiger charge is 2.39. The Bertz CT molecular complexity index is 671. The molecule has 1 aliphatic rings. The molecule has 0 saturated carbocycles. The molecule has 0 atom stereocenters. The second kappa shape index (κ2) is 6.72. The molecule has 1 N–H and O–H groups in total. The van der Waals surface area contributed by atoms with Gasteiger partial charge in [0.25, 0.3) is 0 Å². The van der Waals surface area contributed by atoms with Crippen LogP contribution in [0, 0.1) is 0 Å². The number of likely N-dealkylation sites (tertiary alicyclic amines) is 1. The third-order valence-corrected chi connectivity index (χ3v) is 5.81. The number of rotatable bonds is 3. The quantitative estimate of drug-likeness (QED) is 0.899. The van der Waals surface area contributed by atoms with Crippen LogP contribution in [-0.4, -0.2) is 54.6 Å². The van der Waals surface area contributed by atoms with E-state index in [0.29, 0.717) is 0 Å². The molecule has 0 radical (unpaired) electrons. The summed E-state index contributed by atoms with van der Waals surface area (Å²) in [6, 6.07) is 8.10. The molecule has 1 aromatic rings. The van der Waals surface area contributed by atoms with Crippen LogP contribution < -0.4 is 0 Å². The van der Waals surface area contributed by atoms with Crippen LogP contribution in [0.2, 0.25) is 0 Å². The van der Waals surface area contributed by atoms with Crippen LogP contribution in [-0.2, 0) is 14.6 Å². The monoisotopic (exact) mass is 355 g/mol. The van der Waals surface area contributed by atoms with Gasteiger partial charge in [-0.2, -0.15) is 0 Å². The lowest BCUT2D eigenvalue weighted by Crippen LogP contribution is -2.50. The molecule has 1 heterocycles. The summed E-state index contributed by atoms with van der Waals surface area (Å²) in [7, 11) is -3.57. The molecular weight excluding hydrogens is 330 g/mol. The number of ether oxygens (including phenoxy) is 1. The van der Waals surface area contributed by atoms with E-state index in [1.54, 1.807) is 39.0 Å². The maximum Gasteiger partial charge on any atom is 0.410 e. The van der Waals surface area contributed by atoms with E-state index in [1.165, 1.54) is 17.0 Å². The van der Waals surface area contributed by atoms with Crippen molar-refractivity contribution >= 4 is 15.9 Å². The summed E-state index contributed by atoms with van der Waals surface area (Å²) < 4.78 is 30.2. The Kier molecular flexibility index (Phi) is 5.25. The minimum atomic E-state index is -3.57. The molecule has 1 aromatic carbocycles. The number of aliphatic hydroxyl groups is 1. The van der Waals surface area contributed by atoms with Crippen LogP contribution in [0.25, 0.3) is 0 Å². The molecule has 1 aliphatic heterocycles. The van der Waals surface area contributed by atoms with Crippen LogP contribution >= 0.6 is 0 Å². The van der Waals surface area contributed by atoms with Crippen LogP contribution in [0.5, 0.6) is 0 Å². The van der Waals surface area contributed by atoms with Gasteiger partial charge in [0.2, 0.25) is 0 Å². The molecule has 0 aromatic heterocycles. The van der Waals surface area contributed by atoms with Gasteiger partial charge in [0.15, 0.2) is 9.84 Å². The Hall–Kier alpha value is -1.60. The number of hydrogen-bond donors (Lipinski definition) is 1. The summed E-state index contributed by atoms with van der Waals surface area (Å²) in [6.07, 6.45) is -0.0214. The van der Waals surface area contributed by atoms with Crippen LogP contribution in [0.4, 0.5) is 4.79 Å². The van der Waals surface area contributed by atoms with Gasteiger partial charge in [-0.15, -0.1) is 0 Å². The van der Waals surface area contributed by atoms with Gasteiger partial charge in [0.05, 0.1) is 16.2 Å². The molecule has 24 heavy (non-hydrogen) atoms. The third-order valence-electron chi connectivity index (χ3n) is 3.91. The largest absolute Gasteiger partial charge is 0.444 e. The summed E-state index contributed by atoms with van der Waals surface area (Å²) in [4.78, 5) is 13.7. The first-order valence-corrected chi connectivity index (χ1v) is 9.64. The van der Waals surface area contributed by atoms with E-state index in [2.05, 4.69) is 0 Å². The lowest BCUT2D eigenvalue weighted by Gasteiger charge is -2.38. The summed E-state index contributed by atoms with van der Waals surface area (Å²) in [6.45, 7) is 5.91. The minimum Gasteiger partial charge on any atom is -0.444 e. The molecule has 1 saturated heterocycles. The van der Waals surface area contributed by atoms with Gasteiger partial charge >= 0.3 is 6.09 Å². The van der Waals surface area contributed by atoms with E-state index in [-0.39, 0.29) is 36.6 Å². The van der Waals surface area contributed by atoms with Gasteiger partial charge in [-0.1, -0.05) is 18.2 Å². The zero-order valence-corrected chi connectivity index (χ0v) is 15.2. The molecule has 2 rings (SSSR count). The van der Waals surface area contributed by atoms with Gasteiger partial charge in [-0.3, -0.25) is 0 Å². The first-order valence-electron chi connectivity index (χ1n) is 7.99. The topological polar surface area (TPSA) is 83.9 Å². The Morgan fingerprint density at radius 1 is 1.21 bits per heavy atom. The second-order valence-electron chi connectivity index (χ2n) is 7.26. The van der Waals surface area contributed by atoms with Crippen LogP contribution in [0.1, 0.15) is 33.6 Å². The Morgan fingerprint density at radius 3 is 2.25 bits per heavy atom. The molecule has 0 aliphatic carbocycles. The minimum absolute atomic E-state index is 0.202. The van der Waals surface area contributed by atoms with Gasteiger partial charge < -0.3 is 14.7 Å². The average molecular weight is 355 g/mol. The summed E-state index contributed by atoms with van der Waals surface area (Å²) in [5.74, 6) is -0.341. The predicted molar refractivity (Wildman–Crippen MR) is 90.5 cm³/mol. The van der Waals surface area contributed by atoms with Crippen molar-refractivity contribution in [3.8, 4) is 0 Å². The molecular formula is C17H25NO5S. The first-order chi connectivity index (χ1) is 11.0. The summed E-state index contributed by atoms with van der Waals surface area (Å²) >= 11 is 0. The molecule has 0 bridgehead atoms. The Morgan fingerprint density at radius 2 is 1.75 bits per heavy atom.